The average Bonchev–Trinajstić information content (AvgIpc) is 2.99. The monoisotopic (exact) mass is 437 g/mol. The van der Waals surface area contributed by atoms with E-state index in [1.54, 1.807) is 6.92 Å². The third-order valence-corrected chi connectivity index (χ3v) is 5.27. The Labute approximate surface area is 179 Å². The summed E-state index contributed by atoms with van der Waals surface area (Å²) in [5.41, 5.74) is 0.142. The van der Waals surface area contributed by atoms with E-state index < -0.39 is 54.6 Å². The fraction of sp³-hybridized carbons (Fsp3) is 0.550. The minimum Gasteiger partial charge on any atom is -0.506 e. The van der Waals surface area contributed by atoms with Crippen molar-refractivity contribution in [2.45, 2.75) is 51.7 Å². The number of carbonyl (C=O) groups is 3. The van der Waals surface area contributed by atoms with Crippen molar-refractivity contribution in [2.75, 3.05) is 18.0 Å². The molecule has 3 rings (SSSR count). The highest BCUT2D eigenvalue weighted by molar-refractivity contribution is 6.51. The Kier molecular flexibility index (Phi) is 7.14. The average molecular weight is 437 g/mol. The maximum absolute atomic E-state index is 14.0. The minimum atomic E-state index is -0.881. The Hall–Kier alpha value is -2.69. The smallest absolute Gasteiger partial charge is 0.506 e. The topological polar surface area (TPSA) is 97.0 Å². The molecular formula is C20H26BF2N3O5. The number of nitrogens with zero attached hydrogens (tertiary/aromatic N) is 1. The van der Waals surface area contributed by atoms with Crippen LogP contribution in [0.15, 0.2) is 18.2 Å². The van der Waals surface area contributed by atoms with E-state index >= 15 is 0 Å². The molecule has 8 nitrogen and oxygen atoms in total. The molecule has 1 aromatic carbocycles. The van der Waals surface area contributed by atoms with Gasteiger partial charge in [-0.3, -0.25) is 14.4 Å². The van der Waals surface area contributed by atoms with Crippen LogP contribution in [-0.2, 0) is 23.7 Å². The van der Waals surface area contributed by atoms with Gasteiger partial charge in [0.2, 0.25) is 11.8 Å². The predicted molar refractivity (Wildman–Crippen MR) is 109 cm³/mol. The molecule has 0 aliphatic carbocycles. The predicted octanol–water partition coefficient (Wildman–Crippen LogP) is 1.18. The molecule has 0 unspecified atom stereocenters. The molecule has 2 aliphatic heterocycles. The highest BCUT2D eigenvalue weighted by Crippen LogP contribution is 2.29. The summed E-state index contributed by atoms with van der Waals surface area (Å²) < 4.78 is 37.8. The zero-order valence-corrected chi connectivity index (χ0v) is 17.7. The van der Waals surface area contributed by atoms with Gasteiger partial charge in [0.05, 0.1) is 18.2 Å². The van der Waals surface area contributed by atoms with E-state index in [9.17, 15) is 23.2 Å². The number of rotatable bonds is 8. The van der Waals surface area contributed by atoms with Gasteiger partial charge in [-0.05, 0) is 37.8 Å². The van der Waals surface area contributed by atoms with Gasteiger partial charge >= 0.3 is 13.1 Å². The van der Waals surface area contributed by atoms with Crippen LogP contribution in [0.25, 0.3) is 0 Å². The zero-order chi connectivity index (χ0) is 22.7. The summed E-state index contributed by atoms with van der Waals surface area (Å²) in [7, 11) is -0.881. The summed E-state index contributed by atoms with van der Waals surface area (Å²) >= 11 is 0. The Balaban J connectivity index is 1.53. The van der Waals surface area contributed by atoms with Gasteiger partial charge in [-0.1, -0.05) is 13.8 Å². The molecule has 11 heteroatoms. The van der Waals surface area contributed by atoms with Crippen molar-refractivity contribution in [3.63, 3.8) is 0 Å². The SMILES string of the molecule is CC(C)C[C@H](NC(=O)CNC(=O)[C@@H]1CCN1c1ccc(F)cc1F)B1OC(=O)[C@H](C)O1. The lowest BCUT2D eigenvalue weighted by Crippen LogP contribution is -2.58. The molecule has 2 fully saturated rings. The van der Waals surface area contributed by atoms with Crippen LogP contribution < -0.4 is 15.5 Å². The molecule has 2 saturated heterocycles. The Morgan fingerprint density at radius 3 is 2.61 bits per heavy atom. The number of nitrogens with one attached hydrogen (secondary N) is 2. The van der Waals surface area contributed by atoms with Crippen molar-refractivity contribution in [3.8, 4) is 0 Å². The van der Waals surface area contributed by atoms with Crippen LogP contribution in [0.4, 0.5) is 14.5 Å². The molecule has 0 bridgehead atoms. The fourth-order valence-corrected chi connectivity index (χ4v) is 3.62. The lowest BCUT2D eigenvalue weighted by atomic mass is 9.74. The van der Waals surface area contributed by atoms with Gasteiger partial charge in [0.15, 0.2) is 0 Å². The van der Waals surface area contributed by atoms with Gasteiger partial charge < -0.3 is 24.8 Å². The van der Waals surface area contributed by atoms with Crippen molar-refractivity contribution < 1.29 is 32.5 Å². The molecule has 31 heavy (non-hydrogen) atoms. The number of hydrogen-bond donors (Lipinski definition) is 2. The van der Waals surface area contributed by atoms with Gasteiger partial charge in [0, 0.05) is 12.6 Å². The number of hydrogen-bond acceptors (Lipinski definition) is 6. The van der Waals surface area contributed by atoms with Crippen LogP contribution in [0.1, 0.15) is 33.6 Å². The Morgan fingerprint density at radius 2 is 2.06 bits per heavy atom. The molecule has 0 radical (unpaired) electrons. The molecule has 1 aromatic rings. The first kappa shape index (κ1) is 23.0. The van der Waals surface area contributed by atoms with Crippen molar-refractivity contribution in [3.05, 3.63) is 29.8 Å². The van der Waals surface area contributed by atoms with E-state index in [1.807, 2.05) is 13.8 Å². The summed E-state index contributed by atoms with van der Waals surface area (Å²) in [5.74, 6) is -3.16. The maximum Gasteiger partial charge on any atom is 0.552 e. The first-order chi connectivity index (χ1) is 14.7. The summed E-state index contributed by atoms with van der Waals surface area (Å²) in [6.07, 6.45) is 0.307. The van der Waals surface area contributed by atoms with Crippen molar-refractivity contribution >= 4 is 30.6 Å². The number of amides is 2. The van der Waals surface area contributed by atoms with Gasteiger partial charge in [0.25, 0.3) is 0 Å². The standard InChI is InChI=1S/C20H26BF2N3O5/c1-11(2)8-17(21-30-12(3)20(29)31-21)25-18(27)10-24-19(28)16-6-7-26(16)15-5-4-13(22)9-14(15)23/h4-5,9,11-12,16-17H,6-8,10H2,1-3H3,(H,24,28)(H,25,27)/t12-,16-,17-/m0/s1. The quantitative estimate of drug-likeness (QED) is 0.593. The van der Waals surface area contributed by atoms with Gasteiger partial charge in [-0.25, -0.2) is 8.78 Å². The number of halogens is 2. The summed E-state index contributed by atoms with van der Waals surface area (Å²) in [6, 6.07) is 2.55. The molecule has 2 aliphatic rings. The molecule has 0 saturated carbocycles. The lowest BCUT2D eigenvalue weighted by molar-refractivity contribution is -0.135. The van der Waals surface area contributed by atoms with Crippen LogP contribution in [-0.4, -0.2) is 56.1 Å². The molecule has 2 amide bonds. The first-order valence-electron chi connectivity index (χ1n) is 10.3. The van der Waals surface area contributed by atoms with Gasteiger partial charge in [-0.2, -0.15) is 0 Å². The maximum atomic E-state index is 14.0. The molecular weight excluding hydrogens is 411 g/mol. The van der Waals surface area contributed by atoms with Crippen LogP contribution >= 0.6 is 0 Å². The Bertz CT molecular complexity index is 856. The molecule has 0 aromatic heterocycles. The summed E-state index contributed by atoms with van der Waals surface area (Å²) in [5, 5.41) is 5.29. The first-order valence-corrected chi connectivity index (χ1v) is 10.3. The summed E-state index contributed by atoms with van der Waals surface area (Å²) in [4.78, 5) is 38.0. The molecule has 2 N–H and O–H groups in total. The van der Waals surface area contributed by atoms with Crippen LogP contribution in [0, 0.1) is 17.6 Å². The van der Waals surface area contributed by atoms with Crippen LogP contribution in [0.3, 0.4) is 0 Å². The second kappa shape index (κ2) is 9.63. The van der Waals surface area contributed by atoms with E-state index in [2.05, 4.69) is 10.6 Å². The molecule has 2 heterocycles. The fourth-order valence-electron chi connectivity index (χ4n) is 3.62. The zero-order valence-electron chi connectivity index (χ0n) is 17.7. The minimum absolute atomic E-state index is 0.142. The Morgan fingerprint density at radius 1 is 1.32 bits per heavy atom. The second-order valence-corrected chi connectivity index (χ2v) is 8.20. The normalized spacial score (nSPS) is 21.5. The third-order valence-electron chi connectivity index (χ3n) is 5.27. The van der Waals surface area contributed by atoms with E-state index in [4.69, 9.17) is 9.31 Å². The number of carbonyl (C=O) groups excluding carboxylic acids is 3. The van der Waals surface area contributed by atoms with Crippen LogP contribution in [0.5, 0.6) is 0 Å². The molecule has 0 spiro atoms. The highest BCUT2D eigenvalue weighted by atomic mass is 19.1. The van der Waals surface area contributed by atoms with Crippen LogP contribution in [0.2, 0.25) is 0 Å². The van der Waals surface area contributed by atoms with Gasteiger partial charge in [0.1, 0.15) is 23.8 Å². The van der Waals surface area contributed by atoms with E-state index in [-0.39, 0.29) is 18.2 Å². The van der Waals surface area contributed by atoms with Crippen molar-refractivity contribution in [1.82, 2.24) is 10.6 Å². The second-order valence-electron chi connectivity index (χ2n) is 8.20. The summed E-state index contributed by atoms with van der Waals surface area (Å²) in [6.45, 7) is 5.65. The largest absolute Gasteiger partial charge is 0.552 e. The number of benzene rings is 1. The number of anilines is 1. The lowest BCUT2D eigenvalue weighted by Gasteiger charge is -2.41. The highest BCUT2D eigenvalue weighted by Gasteiger charge is 2.44. The van der Waals surface area contributed by atoms with E-state index in [1.165, 1.54) is 11.0 Å². The molecule has 168 valence electrons. The van der Waals surface area contributed by atoms with E-state index in [0.717, 1.165) is 12.1 Å². The van der Waals surface area contributed by atoms with Crippen molar-refractivity contribution in [1.29, 1.82) is 0 Å². The van der Waals surface area contributed by atoms with Gasteiger partial charge in [-0.15, -0.1) is 0 Å². The van der Waals surface area contributed by atoms with Crippen molar-refractivity contribution in [2.24, 2.45) is 5.92 Å². The third kappa shape index (κ3) is 5.52. The molecule has 3 atom stereocenters. The van der Waals surface area contributed by atoms with E-state index in [0.29, 0.717) is 19.4 Å².